The zero-order valence-corrected chi connectivity index (χ0v) is 16.2. The molecule has 0 bridgehead atoms. The van der Waals surface area contributed by atoms with Crippen LogP contribution in [0.1, 0.15) is 17.7 Å². The summed E-state index contributed by atoms with van der Waals surface area (Å²) in [4.78, 5) is 39.8. The lowest BCUT2D eigenvalue weighted by molar-refractivity contribution is -0.132. The van der Waals surface area contributed by atoms with Gasteiger partial charge in [-0.3, -0.25) is 14.2 Å². The van der Waals surface area contributed by atoms with Crippen LogP contribution in [-0.4, -0.2) is 68.6 Å². The van der Waals surface area contributed by atoms with E-state index < -0.39 is 5.69 Å². The van der Waals surface area contributed by atoms with Crippen LogP contribution in [0.3, 0.4) is 0 Å². The third kappa shape index (κ3) is 4.37. The number of aromatic amines is 1. The number of nitrogens with one attached hydrogen (secondary N) is 2. The zero-order chi connectivity index (χ0) is 20.1. The van der Waals surface area contributed by atoms with E-state index in [1.54, 1.807) is 11.8 Å². The van der Waals surface area contributed by atoms with Crippen LogP contribution in [0.5, 0.6) is 0 Å². The number of amides is 2. The maximum absolute atomic E-state index is 12.7. The molecule has 0 atom stereocenters. The van der Waals surface area contributed by atoms with Gasteiger partial charge in [-0.05, 0) is 18.5 Å². The first-order chi connectivity index (χ1) is 13.5. The average molecular weight is 404 g/mol. The Morgan fingerprint density at radius 2 is 2.14 bits per heavy atom. The lowest BCUT2D eigenvalue weighted by atomic mass is 10.2. The van der Waals surface area contributed by atoms with Crippen molar-refractivity contribution in [1.29, 1.82) is 5.26 Å². The van der Waals surface area contributed by atoms with Crippen molar-refractivity contribution in [2.45, 2.75) is 19.9 Å². The Kier molecular flexibility index (Phi) is 6.05. The number of hydrogen-bond donors (Lipinski definition) is 2. The van der Waals surface area contributed by atoms with Crippen molar-refractivity contribution < 1.29 is 9.59 Å². The molecule has 0 spiro atoms. The second-order valence-electron chi connectivity index (χ2n) is 6.32. The van der Waals surface area contributed by atoms with Crippen molar-refractivity contribution in [2.75, 3.05) is 37.6 Å². The number of H-pyrrole nitrogens is 1. The Balaban J connectivity index is 1.77. The van der Waals surface area contributed by atoms with E-state index in [0.29, 0.717) is 37.4 Å². The van der Waals surface area contributed by atoms with Crippen molar-refractivity contribution in [1.82, 2.24) is 29.4 Å². The van der Waals surface area contributed by atoms with Crippen LogP contribution in [0.25, 0.3) is 0 Å². The van der Waals surface area contributed by atoms with Gasteiger partial charge in [0.25, 0.3) is 0 Å². The molecule has 0 aliphatic carbocycles. The second kappa shape index (κ2) is 8.66. The molecule has 2 N–H and O–H groups in total. The fourth-order valence-corrected chi connectivity index (χ4v) is 3.80. The van der Waals surface area contributed by atoms with E-state index >= 15 is 0 Å². The van der Waals surface area contributed by atoms with E-state index in [2.05, 4.69) is 26.0 Å². The van der Waals surface area contributed by atoms with Gasteiger partial charge in [-0.2, -0.15) is 14.7 Å². The number of carbonyl (C=O) groups excluding carboxylic acids is 2. The Bertz CT molecular complexity index is 956. The number of nitriles is 1. The summed E-state index contributed by atoms with van der Waals surface area (Å²) in [5, 5.41) is 18.8. The standard InChI is InChI=1S/C16H20N8O3S/c1-11-12(8-17)15(28-21-11)23-5-3-18-13(25)2-4-22(6-7-23)14(26)9-24-10-19-20-16(24)27/h10H,2-7,9H2,1H3,(H,18,25)(H,20,27). The van der Waals surface area contributed by atoms with Gasteiger partial charge in [0.15, 0.2) is 0 Å². The fourth-order valence-electron chi connectivity index (χ4n) is 2.90. The summed E-state index contributed by atoms with van der Waals surface area (Å²) < 4.78 is 5.43. The van der Waals surface area contributed by atoms with Crippen molar-refractivity contribution in [3.8, 4) is 6.07 Å². The molecule has 28 heavy (non-hydrogen) atoms. The number of carbonyl (C=O) groups is 2. The van der Waals surface area contributed by atoms with Crippen LogP contribution in [0.2, 0.25) is 0 Å². The first-order valence-corrected chi connectivity index (χ1v) is 9.52. The van der Waals surface area contributed by atoms with Crippen molar-refractivity contribution in [2.24, 2.45) is 0 Å². The van der Waals surface area contributed by atoms with Crippen LogP contribution in [-0.2, 0) is 16.1 Å². The lowest BCUT2D eigenvalue weighted by Crippen LogP contribution is -2.46. The molecule has 3 heterocycles. The predicted molar refractivity (Wildman–Crippen MR) is 101 cm³/mol. The number of aryl methyl sites for hydroxylation is 1. The van der Waals surface area contributed by atoms with E-state index in [9.17, 15) is 19.6 Å². The second-order valence-corrected chi connectivity index (χ2v) is 7.07. The molecule has 0 radical (unpaired) electrons. The molecule has 1 fully saturated rings. The lowest BCUT2D eigenvalue weighted by Gasteiger charge is -2.30. The van der Waals surface area contributed by atoms with Gasteiger partial charge in [0.05, 0.1) is 5.69 Å². The number of nitrogens with zero attached hydrogens (tertiary/aromatic N) is 6. The molecule has 2 aromatic rings. The molecule has 2 aromatic heterocycles. The molecule has 1 saturated heterocycles. The summed E-state index contributed by atoms with van der Waals surface area (Å²) in [6.45, 7) is 3.67. The largest absolute Gasteiger partial charge is 0.358 e. The normalized spacial score (nSPS) is 15.8. The van der Waals surface area contributed by atoms with Gasteiger partial charge in [0.1, 0.15) is 29.5 Å². The number of aromatic nitrogens is 4. The topological polar surface area (TPSA) is 140 Å². The molecule has 0 unspecified atom stereocenters. The maximum atomic E-state index is 12.7. The molecule has 1 aliphatic heterocycles. The van der Waals surface area contributed by atoms with Crippen molar-refractivity contribution in [3.05, 3.63) is 28.1 Å². The highest BCUT2D eigenvalue weighted by atomic mass is 32.1. The Hall–Kier alpha value is -3.20. The van der Waals surface area contributed by atoms with Gasteiger partial charge < -0.3 is 15.1 Å². The quantitative estimate of drug-likeness (QED) is 0.673. The summed E-state index contributed by atoms with van der Waals surface area (Å²) in [6.07, 6.45) is 1.45. The summed E-state index contributed by atoms with van der Waals surface area (Å²) in [5.74, 6) is -0.432. The minimum Gasteiger partial charge on any atom is -0.358 e. The SMILES string of the molecule is Cc1nsc(N2CCNC(=O)CCN(C(=O)Cn3cn[nH]c3=O)CC2)c1C#N. The van der Waals surface area contributed by atoms with Crippen LogP contribution >= 0.6 is 11.5 Å². The third-order valence-corrected chi connectivity index (χ3v) is 5.47. The molecule has 148 valence electrons. The van der Waals surface area contributed by atoms with E-state index in [-0.39, 0.29) is 31.3 Å². The highest BCUT2D eigenvalue weighted by Crippen LogP contribution is 2.27. The van der Waals surface area contributed by atoms with Crippen LogP contribution in [0.15, 0.2) is 11.1 Å². The van der Waals surface area contributed by atoms with Crippen LogP contribution in [0.4, 0.5) is 5.00 Å². The molecule has 12 heteroatoms. The van der Waals surface area contributed by atoms with E-state index in [4.69, 9.17) is 0 Å². The van der Waals surface area contributed by atoms with Gasteiger partial charge in [0, 0.05) is 39.1 Å². The predicted octanol–water partition coefficient (Wildman–Crippen LogP) is -0.937. The van der Waals surface area contributed by atoms with Gasteiger partial charge in [-0.1, -0.05) is 0 Å². The minimum atomic E-state index is -0.465. The van der Waals surface area contributed by atoms with Crippen LogP contribution in [0, 0.1) is 18.3 Å². The number of hydrogen-bond acceptors (Lipinski definition) is 8. The summed E-state index contributed by atoms with van der Waals surface area (Å²) in [7, 11) is 0. The zero-order valence-electron chi connectivity index (χ0n) is 15.3. The first-order valence-electron chi connectivity index (χ1n) is 8.75. The summed E-state index contributed by atoms with van der Waals surface area (Å²) in [5.41, 5.74) is 0.708. The number of rotatable bonds is 3. The molecule has 0 saturated carbocycles. The highest BCUT2D eigenvalue weighted by molar-refractivity contribution is 7.10. The van der Waals surface area contributed by atoms with Crippen molar-refractivity contribution in [3.63, 3.8) is 0 Å². The van der Waals surface area contributed by atoms with Crippen molar-refractivity contribution >= 4 is 28.3 Å². The smallest absolute Gasteiger partial charge is 0.343 e. The minimum absolute atomic E-state index is 0.152. The van der Waals surface area contributed by atoms with Crippen LogP contribution < -0.4 is 15.9 Å². The fraction of sp³-hybridized carbons (Fsp3) is 0.500. The van der Waals surface area contributed by atoms with Gasteiger partial charge in [0.2, 0.25) is 11.8 Å². The molecule has 11 nitrogen and oxygen atoms in total. The summed E-state index contributed by atoms with van der Waals surface area (Å²) >= 11 is 1.23. The number of anilines is 1. The Morgan fingerprint density at radius 1 is 1.32 bits per heavy atom. The average Bonchev–Trinajstić information content (AvgIpc) is 3.25. The Morgan fingerprint density at radius 3 is 2.86 bits per heavy atom. The van der Waals surface area contributed by atoms with Gasteiger partial charge in [-0.25, -0.2) is 9.89 Å². The molecular formula is C16H20N8O3S. The molecule has 1 aliphatic rings. The third-order valence-electron chi connectivity index (χ3n) is 4.47. The van der Waals surface area contributed by atoms with E-state index in [1.165, 1.54) is 22.4 Å². The highest BCUT2D eigenvalue weighted by Gasteiger charge is 2.22. The van der Waals surface area contributed by atoms with E-state index in [0.717, 1.165) is 5.00 Å². The molecule has 0 aromatic carbocycles. The maximum Gasteiger partial charge on any atom is 0.343 e. The Labute approximate surface area is 164 Å². The monoisotopic (exact) mass is 404 g/mol. The first kappa shape index (κ1) is 19.6. The molecule has 3 rings (SSSR count). The van der Waals surface area contributed by atoms with E-state index in [1.807, 2.05) is 4.90 Å². The van der Waals surface area contributed by atoms with Gasteiger partial charge >= 0.3 is 5.69 Å². The molecular weight excluding hydrogens is 384 g/mol. The molecule has 2 amide bonds. The summed E-state index contributed by atoms with van der Waals surface area (Å²) in [6, 6.07) is 2.17. The van der Waals surface area contributed by atoms with Gasteiger partial charge in [-0.15, -0.1) is 0 Å².